The molecule has 9 nitrogen and oxygen atoms in total. The van der Waals surface area contributed by atoms with Gasteiger partial charge in [-0.15, -0.1) is 10.2 Å². The molecule has 0 aliphatic carbocycles. The molecule has 0 bridgehead atoms. The van der Waals surface area contributed by atoms with Crippen LogP contribution in [0.1, 0.15) is 35.6 Å². The second-order valence-corrected chi connectivity index (χ2v) is 6.20. The average Bonchev–Trinajstić information content (AvgIpc) is 3.29. The molecule has 0 spiro atoms. The first-order valence-corrected chi connectivity index (χ1v) is 9.13. The van der Waals surface area contributed by atoms with Gasteiger partial charge in [0, 0.05) is 5.56 Å². The van der Waals surface area contributed by atoms with Gasteiger partial charge in [-0.05, 0) is 48.9 Å². The summed E-state index contributed by atoms with van der Waals surface area (Å²) in [5, 5.41) is 16.6. The smallest absolute Gasteiger partial charge is 0.255 e. The predicted molar refractivity (Wildman–Crippen MR) is 104 cm³/mol. The van der Waals surface area contributed by atoms with E-state index in [1.807, 2.05) is 13.0 Å². The molecule has 0 saturated heterocycles. The van der Waals surface area contributed by atoms with Crippen LogP contribution < -0.4 is 19.5 Å². The zero-order chi connectivity index (χ0) is 20.1. The van der Waals surface area contributed by atoms with Crippen LogP contribution in [-0.2, 0) is 0 Å². The number of para-hydroxylation sites is 1. The minimum atomic E-state index is -0.521. The predicted octanol–water partition coefficient (Wildman–Crippen LogP) is 3.27. The van der Waals surface area contributed by atoms with Crippen molar-refractivity contribution in [1.82, 2.24) is 20.6 Å². The van der Waals surface area contributed by atoms with E-state index in [0.717, 1.165) is 6.42 Å². The summed E-state index contributed by atoms with van der Waals surface area (Å²) in [4.78, 5) is 12.7. The summed E-state index contributed by atoms with van der Waals surface area (Å²) >= 11 is 0. The van der Waals surface area contributed by atoms with Crippen molar-refractivity contribution >= 4 is 11.6 Å². The number of nitrogens with zero attached hydrogens (tertiary/aromatic N) is 3. The number of carbonyl (C=O) groups excluding carboxylic acids is 1. The van der Waals surface area contributed by atoms with Crippen LogP contribution in [0.5, 0.6) is 17.2 Å². The number of nitrogens with one attached hydrogen (secondary N) is 2. The van der Waals surface area contributed by atoms with E-state index in [9.17, 15) is 4.79 Å². The number of H-pyrrole nitrogens is 1. The summed E-state index contributed by atoms with van der Waals surface area (Å²) in [6.45, 7) is 2.27. The van der Waals surface area contributed by atoms with Crippen molar-refractivity contribution in [3.8, 4) is 17.2 Å². The maximum Gasteiger partial charge on any atom is 0.255 e. The van der Waals surface area contributed by atoms with Crippen LogP contribution in [0.4, 0.5) is 5.69 Å². The third-order valence-electron chi connectivity index (χ3n) is 4.18. The van der Waals surface area contributed by atoms with Gasteiger partial charge in [0.15, 0.2) is 17.6 Å². The Balaban J connectivity index is 1.49. The number of carbonyl (C=O) groups is 1. The fraction of sp³-hybridized carbons (Fsp3) is 0.200. The molecular formula is C20H19N5O4. The van der Waals surface area contributed by atoms with E-state index in [-0.39, 0.29) is 12.5 Å². The second-order valence-electron chi connectivity index (χ2n) is 6.20. The van der Waals surface area contributed by atoms with Crippen molar-refractivity contribution in [3.05, 3.63) is 66.2 Å². The van der Waals surface area contributed by atoms with Gasteiger partial charge in [0.05, 0.1) is 11.9 Å². The van der Waals surface area contributed by atoms with Gasteiger partial charge in [-0.3, -0.25) is 4.79 Å². The number of anilines is 1. The molecule has 1 aliphatic heterocycles. The van der Waals surface area contributed by atoms with Crippen molar-refractivity contribution in [2.75, 3.05) is 11.9 Å². The number of ether oxygens (including phenoxy) is 3. The van der Waals surface area contributed by atoms with Gasteiger partial charge >= 0.3 is 0 Å². The summed E-state index contributed by atoms with van der Waals surface area (Å²) in [5.41, 5.74) is 0.979. The number of allylic oxidation sites excluding steroid dienone is 1. The fourth-order valence-electron chi connectivity index (χ4n) is 2.73. The Morgan fingerprint density at radius 2 is 2.17 bits per heavy atom. The molecule has 1 unspecified atom stereocenters. The quantitative estimate of drug-likeness (QED) is 0.618. The zero-order valence-electron chi connectivity index (χ0n) is 15.7. The third-order valence-corrected chi connectivity index (χ3v) is 4.18. The molecule has 1 atom stereocenters. The Bertz CT molecular complexity index is 1000. The van der Waals surface area contributed by atoms with Crippen molar-refractivity contribution < 1.29 is 19.0 Å². The molecule has 1 aromatic heterocycles. The molecule has 2 aromatic carbocycles. The lowest BCUT2D eigenvalue weighted by molar-refractivity contribution is 0.0856. The molecular weight excluding hydrogens is 374 g/mol. The van der Waals surface area contributed by atoms with Gasteiger partial charge in [-0.2, -0.15) is 5.21 Å². The highest BCUT2D eigenvalue weighted by molar-refractivity contribution is 6.05. The van der Waals surface area contributed by atoms with Crippen LogP contribution in [0, 0.1) is 0 Å². The number of tetrazole rings is 1. The van der Waals surface area contributed by atoms with Crippen molar-refractivity contribution in [1.29, 1.82) is 0 Å². The molecule has 29 heavy (non-hydrogen) atoms. The number of rotatable bonds is 6. The third kappa shape index (κ3) is 4.18. The van der Waals surface area contributed by atoms with Gasteiger partial charge in [0.1, 0.15) is 12.4 Å². The van der Waals surface area contributed by atoms with Crippen LogP contribution in [0.3, 0.4) is 0 Å². The van der Waals surface area contributed by atoms with E-state index in [1.54, 1.807) is 48.7 Å². The maximum atomic E-state index is 12.7. The summed E-state index contributed by atoms with van der Waals surface area (Å²) in [5.74, 6) is 1.72. The summed E-state index contributed by atoms with van der Waals surface area (Å²) < 4.78 is 17.1. The van der Waals surface area contributed by atoms with E-state index >= 15 is 0 Å². The molecule has 9 heteroatoms. The normalized spacial score (nSPS) is 15.3. The van der Waals surface area contributed by atoms with Gasteiger partial charge in [-0.1, -0.05) is 18.2 Å². The summed E-state index contributed by atoms with van der Waals surface area (Å²) in [6, 6.07) is 12.2. The number of hydrogen-bond donors (Lipinski definition) is 2. The molecule has 1 aliphatic rings. The number of aromatic amines is 1. The fourth-order valence-corrected chi connectivity index (χ4v) is 2.73. The lowest BCUT2D eigenvalue weighted by atomic mass is 10.2. The van der Waals surface area contributed by atoms with Gasteiger partial charge in [-0.25, -0.2) is 0 Å². The highest BCUT2D eigenvalue weighted by Crippen LogP contribution is 2.41. The monoisotopic (exact) mass is 393 g/mol. The minimum Gasteiger partial charge on any atom is -0.485 e. The van der Waals surface area contributed by atoms with Crippen LogP contribution in [0.15, 0.2) is 54.8 Å². The Labute approximate surface area is 166 Å². The first kappa shape index (κ1) is 18.5. The molecule has 4 rings (SSSR count). The number of aromatic nitrogens is 4. The lowest BCUT2D eigenvalue weighted by Gasteiger charge is -2.26. The van der Waals surface area contributed by atoms with Gasteiger partial charge in [0.2, 0.25) is 5.82 Å². The lowest BCUT2D eigenvalue weighted by Crippen LogP contribution is -2.24. The van der Waals surface area contributed by atoms with Crippen molar-refractivity contribution in [2.24, 2.45) is 0 Å². The number of benzene rings is 2. The Kier molecular flexibility index (Phi) is 5.37. The van der Waals surface area contributed by atoms with E-state index < -0.39 is 6.10 Å². The minimum absolute atomic E-state index is 0.248. The van der Waals surface area contributed by atoms with Gasteiger partial charge < -0.3 is 19.5 Å². The van der Waals surface area contributed by atoms with Gasteiger partial charge in [0.25, 0.3) is 5.91 Å². The van der Waals surface area contributed by atoms with Crippen LogP contribution >= 0.6 is 0 Å². The molecule has 2 N–H and O–H groups in total. The van der Waals surface area contributed by atoms with E-state index in [1.165, 1.54) is 0 Å². The van der Waals surface area contributed by atoms with Crippen molar-refractivity contribution in [2.45, 2.75) is 19.4 Å². The van der Waals surface area contributed by atoms with Crippen LogP contribution in [-0.4, -0.2) is 33.1 Å². The second kappa shape index (κ2) is 8.42. The Morgan fingerprint density at radius 3 is 2.93 bits per heavy atom. The first-order chi connectivity index (χ1) is 14.2. The standard InChI is InChI=1S/C20H19N5O4/c1-2-3-11-27-14-9-7-13(8-10-14)20(26)21-15-5-4-6-16-18(15)29-17(12-28-16)19-22-24-25-23-19/h3-11,17H,2,12H2,1H3,(H,21,26)(H,22,23,24,25)/b11-3+. The highest BCUT2D eigenvalue weighted by atomic mass is 16.6. The molecule has 0 radical (unpaired) electrons. The molecule has 2 heterocycles. The largest absolute Gasteiger partial charge is 0.485 e. The Morgan fingerprint density at radius 1 is 1.31 bits per heavy atom. The number of hydrogen-bond acceptors (Lipinski definition) is 7. The van der Waals surface area contributed by atoms with Crippen LogP contribution in [0.2, 0.25) is 0 Å². The van der Waals surface area contributed by atoms with E-state index in [4.69, 9.17) is 14.2 Å². The molecule has 1 amide bonds. The van der Waals surface area contributed by atoms with Crippen molar-refractivity contribution in [3.63, 3.8) is 0 Å². The summed E-state index contributed by atoms with van der Waals surface area (Å²) in [6.07, 6.45) is 3.90. The summed E-state index contributed by atoms with van der Waals surface area (Å²) in [7, 11) is 0. The maximum absolute atomic E-state index is 12.7. The van der Waals surface area contributed by atoms with Crippen LogP contribution in [0.25, 0.3) is 0 Å². The topological polar surface area (TPSA) is 111 Å². The molecule has 0 saturated carbocycles. The highest BCUT2D eigenvalue weighted by Gasteiger charge is 2.28. The Hall–Kier alpha value is -3.88. The number of fused-ring (bicyclic) bond motifs is 1. The SMILES string of the molecule is CC/C=C/Oc1ccc(C(=O)Nc2cccc3c2OC(c2nn[nH]n2)CO3)cc1. The average molecular weight is 393 g/mol. The van der Waals surface area contributed by atoms with E-state index in [0.29, 0.717) is 34.3 Å². The molecule has 148 valence electrons. The molecule has 0 fully saturated rings. The first-order valence-electron chi connectivity index (χ1n) is 9.13. The molecule has 3 aromatic rings. The zero-order valence-corrected chi connectivity index (χ0v) is 15.7. The number of amides is 1. The van der Waals surface area contributed by atoms with E-state index in [2.05, 4.69) is 25.9 Å².